The van der Waals surface area contributed by atoms with Crippen molar-refractivity contribution in [1.29, 1.82) is 0 Å². The van der Waals surface area contributed by atoms with E-state index in [2.05, 4.69) is 28.2 Å². The van der Waals surface area contributed by atoms with E-state index in [1.807, 2.05) is 69.3 Å². The molecule has 0 unspecified atom stereocenters. The van der Waals surface area contributed by atoms with Crippen molar-refractivity contribution >= 4 is 27.7 Å². The smallest absolute Gasteiger partial charge is 0.261 e. The van der Waals surface area contributed by atoms with E-state index in [0.717, 1.165) is 16.5 Å². The zero-order valence-electron chi connectivity index (χ0n) is 19.1. The average Bonchev–Trinajstić information content (AvgIpc) is 2.72. The normalized spacial score (nSPS) is 12.2. The zero-order chi connectivity index (χ0) is 23.0. The summed E-state index contributed by atoms with van der Waals surface area (Å²) >= 11 is 3.51. The molecule has 2 aromatic rings. The number of ether oxygens (including phenoxy) is 1. The fourth-order valence-electron chi connectivity index (χ4n) is 3.15. The van der Waals surface area contributed by atoms with Crippen molar-refractivity contribution < 1.29 is 14.3 Å². The van der Waals surface area contributed by atoms with Gasteiger partial charge in [-0.15, -0.1) is 0 Å². The van der Waals surface area contributed by atoms with Gasteiger partial charge in [-0.2, -0.15) is 0 Å². The van der Waals surface area contributed by atoms with Crippen LogP contribution in [0.4, 0.5) is 0 Å². The zero-order valence-corrected chi connectivity index (χ0v) is 20.7. The van der Waals surface area contributed by atoms with Crippen molar-refractivity contribution in [3.05, 3.63) is 64.1 Å². The molecule has 0 spiro atoms. The maximum Gasteiger partial charge on any atom is 0.261 e. The van der Waals surface area contributed by atoms with Crippen LogP contribution in [0.15, 0.2) is 53.0 Å². The number of rotatable bonds is 9. The van der Waals surface area contributed by atoms with Gasteiger partial charge in [0.1, 0.15) is 11.8 Å². The monoisotopic (exact) mass is 488 g/mol. The summed E-state index contributed by atoms with van der Waals surface area (Å²) in [7, 11) is 0. The highest BCUT2D eigenvalue weighted by Gasteiger charge is 2.28. The van der Waals surface area contributed by atoms with E-state index in [-0.39, 0.29) is 24.0 Å². The minimum Gasteiger partial charge on any atom is -0.483 e. The molecular formula is C25H33BrN2O3. The molecule has 31 heavy (non-hydrogen) atoms. The molecule has 6 heteroatoms. The lowest BCUT2D eigenvalue weighted by Crippen LogP contribution is -2.53. The van der Waals surface area contributed by atoms with E-state index in [1.54, 1.807) is 11.8 Å². The van der Waals surface area contributed by atoms with Gasteiger partial charge in [-0.3, -0.25) is 9.59 Å². The molecule has 0 aliphatic rings. The maximum atomic E-state index is 13.1. The predicted molar refractivity (Wildman–Crippen MR) is 128 cm³/mol. The van der Waals surface area contributed by atoms with Crippen LogP contribution in [0.3, 0.4) is 0 Å². The van der Waals surface area contributed by atoms with Crippen LogP contribution in [0, 0.1) is 0 Å². The van der Waals surface area contributed by atoms with Crippen molar-refractivity contribution in [3.63, 3.8) is 0 Å². The third kappa shape index (κ3) is 8.02. The van der Waals surface area contributed by atoms with Gasteiger partial charge in [0.05, 0.1) is 4.47 Å². The summed E-state index contributed by atoms with van der Waals surface area (Å²) in [5.74, 6) is 0.210. The third-order valence-corrected chi connectivity index (χ3v) is 5.53. The first kappa shape index (κ1) is 24.9. The number of hydrogen-bond acceptors (Lipinski definition) is 3. The Morgan fingerprint density at radius 2 is 1.77 bits per heavy atom. The molecule has 1 N–H and O–H groups in total. The van der Waals surface area contributed by atoms with Crippen LogP contribution in [0.5, 0.6) is 5.75 Å². The second-order valence-corrected chi connectivity index (χ2v) is 9.50. The Balaban J connectivity index is 2.11. The maximum absolute atomic E-state index is 13.1. The van der Waals surface area contributed by atoms with Gasteiger partial charge in [0, 0.05) is 12.1 Å². The van der Waals surface area contributed by atoms with Crippen molar-refractivity contribution in [2.75, 3.05) is 13.2 Å². The number of carbonyl (C=O) groups is 2. The number of nitrogens with one attached hydrogen (secondary N) is 1. The fourth-order valence-corrected chi connectivity index (χ4v) is 3.69. The average molecular weight is 489 g/mol. The predicted octanol–water partition coefficient (Wildman–Crippen LogP) is 4.76. The Morgan fingerprint density at radius 3 is 2.35 bits per heavy atom. The molecule has 5 nitrogen and oxygen atoms in total. The first-order valence-electron chi connectivity index (χ1n) is 10.7. The molecule has 0 fully saturated rings. The highest BCUT2D eigenvalue weighted by Crippen LogP contribution is 2.26. The van der Waals surface area contributed by atoms with Crippen LogP contribution in [-0.2, 0) is 22.4 Å². The summed E-state index contributed by atoms with van der Waals surface area (Å²) in [6.07, 6.45) is 1.58. The molecule has 0 heterocycles. The summed E-state index contributed by atoms with van der Waals surface area (Å²) in [5.41, 5.74) is 1.92. The molecule has 0 saturated heterocycles. The summed E-state index contributed by atoms with van der Waals surface area (Å²) < 4.78 is 6.61. The molecule has 0 bridgehead atoms. The molecule has 0 aliphatic carbocycles. The number of aryl methyl sites for hydroxylation is 1. The van der Waals surface area contributed by atoms with E-state index in [1.165, 1.54) is 5.56 Å². The number of carbonyl (C=O) groups excluding carboxylic acids is 2. The SMILES string of the molecule is CCc1ccc(OCC(=O)N(CCc2ccccc2)[C@@H](C)C(=O)NC(C)(C)C)c(Br)c1. The van der Waals surface area contributed by atoms with Crippen LogP contribution in [0.25, 0.3) is 0 Å². The Hall–Kier alpha value is -2.34. The van der Waals surface area contributed by atoms with Crippen LogP contribution in [0.1, 0.15) is 45.7 Å². The number of hydrogen-bond donors (Lipinski definition) is 1. The number of amides is 2. The molecule has 0 aliphatic heterocycles. The molecule has 0 aromatic heterocycles. The van der Waals surface area contributed by atoms with Gasteiger partial charge in [0.25, 0.3) is 5.91 Å². The molecule has 1 atom stereocenters. The fraction of sp³-hybridized carbons (Fsp3) is 0.440. The van der Waals surface area contributed by atoms with E-state index >= 15 is 0 Å². The first-order valence-corrected chi connectivity index (χ1v) is 11.5. The Labute approximate surface area is 194 Å². The second kappa shape index (κ2) is 11.3. The number of benzene rings is 2. The first-order chi connectivity index (χ1) is 14.6. The summed E-state index contributed by atoms with van der Waals surface area (Å²) in [5, 5.41) is 2.97. The Bertz CT molecular complexity index is 878. The van der Waals surface area contributed by atoms with Gasteiger partial charge in [-0.25, -0.2) is 0 Å². The summed E-state index contributed by atoms with van der Waals surface area (Å²) in [6, 6.07) is 15.2. The lowest BCUT2D eigenvalue weighted by Gasteiger charge is -2.31. The lowest BCUT2D eigenvalue weighted by atomic mass is 10.1. The number of nitrogens with zero attached hydrogens (tertiary/aromatic N) is 1. The van der Waals surface area contributed by atoms with Crippen molar-refractivity contribution in [1.82, 2.24) is 10.2 Å². The van der Waals surface area contributed by atoms with Gasteiger partial charge in [-0.1, -0.05) is 43.3 Å². The van der Waals surface area contributed by atoms with Gasteiger partial charge < -0.3 is 15.0 Å². The highest BCUT2D eigenvalue weighted by atomic mass is 79.9. The molecule has 2 amide bonds. The van der Waals surface area contributed by atoms with Gasteiger partial charge >= 0.3 is 0 Å². The summed E-state index contributed by atoms with van der Waals surface area (Å²) in [6.45, 7) is 9.92. The third-order valence-electron chi connectivity index (χ3n) is 4.91. The van der Waals surface area contributed by atoms with E-state index in [4.69, 9.17) is 4.74 Å². The number of halogens is 1. The van der Waals surface area contributed by atoms with Crippen LogP contribution >= 0.6 is 15.9 Å². The Kier molecular flexibility index (Phi) is 9.11. The van der Waals surface area contributed by atoms with Gasteiger partial charge in [0.15, 0.2) is 6.61 Å². The van der Waals surface area contributed by atoms with Crippen LogP contribution in [-0.4, -0.2) is 41.4 Å². The molecule has 0 radical (unpaired) electrons. The Morgan fingerprint density at radius 1 is 1.10 bits per heavy atom. The molecular weight excluding hydrogens is 456 g/mol. The van der Waals surface area contributed by atoms with Crippen LogP contribution < -0.4 is 10.1 Å². The second-order valence-electron chi connectivity index (χ2n) is 8.64. The molecule has 168 valence electrons. The van der Waals surface area contributed by atoms with E-state index < -0.39 is 6.04 Å². The highest BCUT2D eigenvalue weighted by molar-refractivity contribution is 9.10. The van der Waals surface area contributed by atoms with Crippen LogP contribution in [0.2, 0.25) is 0 Å². The lowest BCUT2D eigenvalue weighted by molar-refractivity contribution is -0.142. The molecule has 2 aromatic carbocycles. The quantitative estimate of drug-likeness (QED) is 0.553. The molecule has 0 saturated carbocycles. The minimum atomic E-state index is -0.607. The topological polar surface area (TPSA) is 58.6 Å². The van der Waals surface area contributed by atoms with E-state index in [9.17, 15) is 9.59 Å². The molecule has 2 rings (SSSR count). The largest absolute Gasteiger partial charge is 0.483 e. The van der Waals surface area contributed by atoms with E-state index in [0.29, 0.717) is 18.7 Å². The standard InChI is InChI=1S/C25H33BrN2O3/c1-6-19-12-13-22(21(26)16-19)31-17-23(29)28(15-14-20-10-8-7-9-11-20)18(2)24(30)27-25(3,4)5/h7-13,16,18H,6,14-15,17H2,1-5H3,(H,27,30)/t18-/m0/s1. The minimum absolute atomic E-state index is 0.133. The van der Waals surface area contributed by atoms with Crippen molar-refractivity contribution in [3.8, 4) is 5.75 Å². The van der Waals surface area contributed by atoms with Gasteiger partial charge in [-0.05, 0) is 79.7 Å². The van der Waals surface area contributed by atoms with Gasteiger partial charge in [0.2, 0.25) is 5.91 Å². The van der Waals surface area contributed by atoms with Crippen molar-refractivity contribution in [2.24, 2.45) is 0 Å². The van der Waals surface area contributed by atoms with Crippen molar-refractivity contribution in [2.45, 2.75) is 59.0 Å². The summed E-state index contributed by atoms with van der Waals surface area (Å²) in [4.78, 5) is 27.5.